The molecule has 1 aromatic carbocycles. The number of benzene rings is 1. The molecule has 0 radical (unpaired) electrons. The van der Waals surface area contributed by atoms with Gasteiger partial charge in [-0.25, -0.2) is 4.98 Å². The van der Waals surface area contributed by atoms with Crippen LogP contribution in [0.2, 0.25) is 0 Å². The Kier molecular flexibility index (Phi) is 4.72. The SMILES string of the molecule is COCc1cc(CN(C)C(=O)c2ccc(-n3ccnc3)cc2)[nH]n1. The molecule has 0 aliphatic carbocycles. The molecular formula is C17H19N5O2. The molecule has 0 aliphatic rings. The summed E-state index contributed by atoms with van der Waals surface area (Å²) in [6, 6.07) is 9.33. The van der Waals surface area contributed by atoms with Crippen LogP contribution in [-0.4, -0.2) is 44.7 Å². The Morgan fingerprint density at radius 3 is 2.79 bits per heavy atom. The van der Waals surface area contributed by atoms with Gasteiger partial charge in [-0.3, -0.25) is 9.89 Å². The number of methoxy groups -OCH3 is 1. The van der Waals surface area contributed by atoms with Gasteiger partial charge in [0.15, 0.2) is 0 Å². The Bertz CT molecular complexity index is 793. The molecule has 3 rings (SSSR count). The van der Waals surface area contributed by atoms with E-state index in [2.05, 4.69) is 15.2 Å². The van der Waals surface area contributed by atoms with Gasteiger partial charge in [-0.2, -0.15) is 5.10 Å². The highest BCUT2D eigenvalue weighted by atomic mass is 16.5. The van der Waals surface area contributed by atoms with Gasteiger partial charge in [0.1, 0.15) is 0 Å². The minimum atomic E-state index is -0.0462. The minimum absolute atomic E-state index is 0.0462. The normalized spacial score (nSPS) is 10.8. The zero-order chi connectivity index (χ0) is 16.9. The number of nitrogens with one attached hydrogen (secondary N) is 1. The highest BCUT2D eigenvalue weighted by Crippen LogP contribution is 2.12. The van der Waals surface area contributed by atoms with Crippen molar-refractivity contribution in [1.82, 2.24) is 24.6 Å². The van der Waals surface area contributed by atoms with E-state index < -0.39 is 0 Å². The van der Waals surface area contributed by atoms with Gasteiger partial charge in [-0.1, -0.05) is 0 Å². The van der Waals surface area contributed by atoms with E-state index in [1.165, 1.54) is 0 Å². The maximum Gasteiger partial charge on any atom is 0.253 e. The van der Waals surface area contributed by atoms with Crippen molar-refractivity contribution in [3.8, 4) is 5.69 Å². The van der Waals surface area contributed by atoms with E-state index in [0.29, 0.717) is 18.7 Å². The first-order valence-corrected chi connectivity index (χ1v) is 7.53. The molecule has 0 saturated heterocycles. The molecule has 7 heteroatoms. The van der Waals surface area contributed by atoms with Crippen LogP contribution in [0, 0.1) is 0 Å². The topological polar surface area (TPSA) is 76.0 Å². The molecule has 0 bridgehead atoms. The maximum atomic E-state index is 12.5. The van der Waals surface area contributed by atoms with Crippen molar-refractivity contribution >= 4 is 5.91 Å². The number of hydrogen-bond acceptors (Lipinski definition) is 4. The van der Waals surface area contributed by atoms with Crippen LogP contribution in [0.4, 0.5) is 0 Å². The van der Waals surface area contributed by atoms with Crippen LogP contribution in [0.3, 0.4) is 0 Å². The summed E-state index contributed by atoms with van der Waals surface area (Å²) in [5.74, 6) is -0.0462. The largest absolute Gasteiger partial charge is 0.378 e. The molecule has 0 spiro atoms. The number of imidazole rings is 1. The molecule has 0 fully saturated rings. The summed E-state index contributed by atoms with van der Waals surface area (Å²) in [4.78, 5) is 18.2. The van der Waals surface area contributed by atoms with Gasteiger partial charge in [0, 0.05) is 37.8 Å². The molecule has 1 N–H and O–H groups in total. The first-order valence-electron chi connectivity index (χ1n) is 7.53. The number of ether oxygens (including phenoxy) is 1. The van der Waals surface area contributed by atoms with Crippen LogP contribution in [0.5, 0.6) is 0 Å². The monoisotopic (exact) mass is 325 g/mol. The van der Waals surface area contributed by atoms with E-state index in [1.807, 2.05) is 41.1 Å². The van der Waals surface area contributed by atoms with Crippen LogP contribution < -0.4 is 0 Å². The second-order valence-corrected chi connectivity index (χ2v) is 5.50. The zero-order valence-corrected chi connectivity index (χ0v) is 13.6. The molecule has 1 amide bonds. The van der Waals surface area contributed by atoms with E-state index >= 15 is 0 Å². The Labute approximate surface area is 139 Å². The smallest absolute Gasteiger partial charge is 0.253 e. The number of aromatic nitrogens is 4. The molecule has 7 nitrogen and oxygen atoms in total. The fourth-order valence-corrected chi connectivity index (χ4v) is 2.45. The number of carbonyl (C=O) groups is 1. The molecule has 3 aromatic rings. The molecular weight excluding hydrogens is 306 g/mol. The van der Waals surface area contributed by atoms with E-state index in [1.54, 1.807) is 31.6 Å². The molecule has 0 saturated carbocycles. The van der Waals surface area contributed by atoms with Crippen LogP contribution >= 0.6 is 0 Å². The van der Waals surface area contributed by atoms with Crippen molar-refractivity contribution in [2.75, 3.05) is 14.2 Å². The fraction of sp³-hybridized carbons (Fsp3) is 0.235. The summed E-state index contributed by atoms with van der Waals surface area (Å²) in [7, 11) is 3.39. The van der Waals surface area contributed by atoms with Gasteiger partial charge in [0.05, 0.1) is 30.9 Å². The lowest BCUT2D eigenvalue weighted by Gasteiger charge is -2.16. The third kappa shape index (κ3) is 3.52. The minimum Gasteiger partial charge on any atom is -0.378 e. The quantitative estimate of drug-likeness (QED) is 0.752. The number of H-pyrrole nitrogens is 1. The number of rotatable bonds is 6. The van der Waals surface area contributed by atoms with Crippen molar-refractivity contribution < 1.29 is 9.53 Å². The Morgan fingerprint density at radius 2 is 2.12 bits per heavy atom. The molecule has 124 valence electrons. The average Bonchev–Trinajstić information content (AvgIpc) is 3.27. The third-order valence-electron chi connectivity index (χ3n) is 3.65. The van der Waals surface area contributed by atoms with Gasteiger partial charge < -0.3 is 14.2 Å². The summed E-state index contributed by atoms with van der Waals surface area (Å²) < 4.78 is 6.92. The Morgan fingerprint density at radius 1 is 1.33 bits per heavy atom. The Balaban J connectivity index is 1.66. The molecule has 2 aromatic heterocycles. The lowest BCUT2D eigenvalue weighted by atomic mass is 10.2. The third-order valence-corrected chi connectivity index (χ3v) is 3.65. The van der Waals surface area contributed by atoms with Gasteiger partial charge in [0.2, 0.25) is 0 Å². The zero-order valence-electron chi connectivity index (χ0n) is 13.6. The number of amides is 1. The van der Waals surface area contributed by atoms with Gasteiger partial charge >= 0.3 is 0 Å². The standard InChI is InChI=1S/C17H19N5O2/c1-21(10-14-9-15(11-24-2)20-19-14)17(23)13-3-5-16(6-4-13)22-8-7-18-12-22/h3-9,12H,10-11H2,1-2H3,(H,19,20). The first-order chi connectivity index (χ1) is 11.7. The second kappa shape index (κ2) is 7.10. The van der Waals surface area contributed by atoms with E-state index in [0.717, 1.165) is 17.1 Å². The highest BCUT2D eigenvalue weighted by Gasteiger charge is 2.13. The number of aromatic amines is 1. The predicted octanol–water partition coefficient (Wildman–Crippen LogP) is 2.01. The van der Waals surface area contributed by atoms with Crippen molar-refractivity contribution in [2.24, 2.45) is 0 Å². The fourth-order valence-electron chi connectivity index (χ4n) is 2.45. The summed E-state index contributed by atoms with van der Waals surface area (Å²) in [6.45, 7) is 0.905. The second-order valence-electron chi connectivity index (χ2n) is 5.50. The van der Waals surface area contributed by atoms with Crippen LogP contribution in [-0.2, 0) is 17.9 Å². The lowest BCUT2D eigenvalue weighted by molar-refractivity contribution is 0.0783. The first kappa shape index (κ1) is 15.9. The van der Waals surface area contributed by atoms with Crippen LogP contribution in [0.1, 0.15) is 21.7 Å². The summed E-state index contributed by atoms with van der Waals surface area (Å²) in [5, 5.41) is 7.06. The van der Waals surface area contributed by atoms with E-state index in [-0.39, 0.29) is 5.91 Å². The summed E-state index contributed by atoms with van der Waals surface area (Å²) in [6.07, 6.45) is 5.30. The Hall–Kier alpha value is -2.93. The maximum absolute atomic E-state index is 12.5. The van der Waals surface area contributed by atoms with E-state index in [9.17, 15) is 4.79 Å². The molecule has 0 atom stereocenters. The molecule has 24 heavy (non-hydrogen) atoms. The van der Waals surface area contributed by atoms with Crippen LogP contribution in [0.15, 0.2) is 49.1 Å². The van der Waals surface area contributed by atoms with Crippen molar-refractivity contribution in [2.45, 2.75) is 13.2 Å². The van der Waals surface area contributed by atoms with Gasteiger partial charge in [0.25, 0.3) is 5.91 Å². The van der Waals surface area contributed by atoms with Gasteiger partial charge in [-0.05, 0) is 30.3 Å². The molecule has 0 aliphatic heterocycles. The van der Waals surface area contributed by atoms with E-state index in [4.69, 9.17) is 4.74 Å². The van der Waals surface area contributed by atoms with Crippen molar-refractivity contribution in [1.29, 1.82) is 0 Å². The van der Waals surface area contributed by atoms with Crippen molar-refractivity contribution in [3.63, 3.8) is 0 Å². The van der Waals surface area contributed by atoms with Gasteiger partial charge in [-0.15, -0.1) is 0 Å². The van der Waals surface area contributed by atoms with Crippen LogP contribution in [0.25, 0.3) is 5.69 Å². The lowest BCUT2D eigenvalue weighted by Crippen LogP contribution is -2.26. The predicted molar refractivity (Wildman–Crippen MR) is 88.7 cm³/mol. The number of nitrogens with zero attached hydrogens (tertiary/aromatic N) is 4. The number of hydrogen-bond donors (Lipinski definition) is 1. The highest BCUT2D eigenvalue weighted by molar-refractivity contribution is 5.94. The number of carbonyl (C=O) groups excluding carboxylic acids is 1. The summed E-state index contributed by atoms with van der Waals surface area (Å²) in [5.41, 5.74) is 3.29. The summed E-state index contributed by atoms with van der Waals surface area (Å²) >= 11 is 0. The molecule has 0 unspecified atom stereocenters. The average molecular weight is 325 g/mol. The molecule has 2 heterocycles. The van der Waals surface area contributed by atoms with Crippen molar-refractivity contribution in [3.05, 3.63) is 66.0 Å².